The minimum absolute atomic E-state index is 0.0750. The van der Waals surface area contributed by atoms with Gasteiger partial charge in [-0.2, -0.15) is 5.10 Å². The normalized spacial score (nSPS) is 14.6. The molecule has 10 heteroatoms. The highest BCUT2D eigenvalue weighted by Crippen LogP contribution is 2.20. The Morgan fingerprint density at radius 1 is 1.14 bits per heavy atom. The second kappa shape index (κ2) is 8.05. The van der Waals surface area contributed by atoms with Crippen molar-refractivity contribution in [2.75, 3.05) is 13.1 Å². The quantitative estimate of drug-likeness (QED) is 0.481. The second-order valence-corrected chi connectivity index (χ2v) is 6.60. The largest absolute Gasteiger partial charge is 0.473 e. The number of ether oxygens (including phenoxy) is 1. The lowest BCUT2D eigenvalue weighted by Crippen LogP contribution is -2.41. The van der Waals surface area contributed by atoms with Gasteiger partial charge < -0.3 is 9.64 Å². The van der Waals surface area contributed by atoms with Crippen molar-refractivity contribution in [3.05, 3.63) is 70.5 Å². The molecule has 10 nitrogen and oxygen atoms in total. The molecule has 1 fully saturated rings. The van der Waals surface area contributed by atoms with Crippen molar-refractivity contribution < 1.29 is 14.5 Å². The first-order valence-corrected chi connectivity index (χ1v) is 9.14. The van der Waals surface area contributed by atoms with Crippen molar-refractivity contribution >= 4 is 11.6 Å². The lowest BCUT2D eigenvalue weighted by Gasteiger charge is -2.31. The van der Waals surface area contributed by atoms with Gasteiger partial charge in [0.2, 0.25) is 5.88 Å². The highest BCUT2D eigenvalue weighted by molar-refractivity contribution is 5.94. The van der Waals surface area contributed by atoms with Gasteiger partial charge in [-0.3, -0.25) is 14.9 Å². The molecule has 3 aromatic rings. The number of likely N-dealkylation sites (tertiary alicyclic amines) is 1. The number of non-ortho nitro benzene ring substituents is 1. The van der Waals surface area contributed by atoms with E-state index in [2.05, 4.69) is 15.3 Å². The third-order valence-electron chi connectivity index (χ3n) is 4.69. The van der Waals surface area contributed by atoms with Crippen LogP contribution in [-0.4, -0.2) is 54.9 Å². The van der Waals surface area contributed by atoms with Crippen LogP contribution < -0.4 is 4.74 Å². The molecule has 1 aliphatic rings. The first-order valence-electron chi connectivity index (χ1n) is 9.14. The van der Waals surface area contributed by atoms with Crippen LogP contribution in [-0.2, 0) is 0 Å². The molecule has 0 unspecified atom stereocenters. The summed E-state index contributed by atoms with van der Waals surface area (Å²) in [5.41, 5.74) is 0.227. The van der Waals surface area contributed by atoms with E-state index >= 15 is 0 Å². The van der Waals surface area contributed by atoms with Crippen molar-refractivity contribution in [2.45, 2.75) is 18.9 Å². The van der Waals surface area contributed by atoms with Crippen molar-refractivity contribution in [3.8, 4) is 11.7 Å². The first-order chi connectivity index (χ1) is 14.1. The van der Waals surface area contributed by atoms with Gasteiger partial charge in [-0.15, -0.1) is 10.2 Å². The maximum atomic E-state index is 12.6. The molecule has 1 amide bonds. The fraction of sp³-hybridized carbons (Fsp3) is 0.263. The van der Waals surface area contributed by atoms with E-state index in [1.807, 2.05) is 0 Å². The van der Waals surface area contributed by atoms with Crippen LogP contribution in [0.2, 0.25) is 0 Å². The Bertz CT molecular complexity index is 998. The van der Waals surface area contributed by atoms with Crippen LogP contribution in [0, 0.1) is 10.1 Å². The minimum atomic E-state index is -0.504. The second-order valence-electron chi connectivity index (χ2n) is 6.60. The molecule has 1 aliphatic heterocycles. The zero-order chi connectivity index (χ0) is 20.2. The zero-order valence-electron chi connectivity index (χ0n) is 15.4. The molecule has 0 bridgehead atoms. The monoisotopic (exact) mass is 394 g/mol. The average Bonchev–Trinajstić information content (AvgIpc) is 3.29. The molecule has 1 aromatic carbocycles. The average molecular weight is 394 g/mol. The molecule has 0 saturated carbocycles. The molecule has 0 radical (unpaired) electrons. The van der Waals surface area contributed by atoms with Gasteiger partial charge in [-0.25, -0.2) is 4.68 Å². The summed E-state index contributed by atoms with van der Waals surface area (Å²) in [5.74, 6) is 0.805. The lowest BCUT2D eigenvalue weighted by molar-refractivity contribution is -0.384. The van der Waals surface area contributed by atoms with Gasteiger partial charge in [0.05, 0.1) is 4.92 Å². The van der Waals surface area contributed by atoms with Gasteiger partial charge >= 0.3 is 0 Å². The van der Waals surface area contributed by atoms with Crippen LogP contribution in [0.5, 0.6) is 5.88 Å². The van der Waals surface area contributed by atoms with E-state index < -0.39 is 4.92 Å². The molecule has 0 aliphatic carbocycles. The number of hydrogen-bond acceptors (Lipinski definition) is 7. The van der Waals surface area contributed by atoms with Gasteiger partial charge in [0.25, 0.3) is 11.6 Å². The predicted octanol–water partition coefficient (Wildman–Crippen LogP) is 2.25. The molecule has 0 N–H and O–H groups in total. The molecule has 148 valence electrons. The number of carbonyl (C=O) groups excluding carboxylic acids is 1. The SMILES string of the molecule is O=C(c1cccc([N+](=O)[O-])c1)N1CCC(Oc2ccc(-n3cccn3)nn2)CC1. The number of nitrogens with zero attached hydrogens (tertiary/aromatic N) is 6. The molecule has 2 aromatic heterocycles. The number of amides is 1. The van der Waals surface area contributed by atoms with Crippen LogP contribution in [0.4, 0.5) is 5.69 Å². The summed E-state index contributed by atoms with van der Waals surface area (Å²) in [4.78, 5) is 24.7. The number of piperidine rings is 1. The maximum absolute atomic E-state index is 12.6. The van der Waals surface area contributed by atoms with Crippen LogP contribution in [0.15, 0.2) is 54.9 Å². The Morgan fingerprint density at radius 3 is 2.62 bits per heavy atom. The first kappa shape index (κ1) is 18.5. The van der Waals surface area contributed by atoms with Gasteiger partial charge in [0.15, 0.2) is 5.82 Å². The van der Waals surface area contributed by atoms with Gasteiger partial charge in [0, 0.05) is 62.1 Å². The standard InChI is InChI=1S/C19H18N6O4/c26-19(14-3-1-4-15(13-14)25(27)28)23-11-7-16(8-12-23)29-18-6-5-17(21-22-18)24-10-2-9-20-24/h1-6,9-10,13,16H,7-8,11-12H2. The number of hydrogen-bond donors (Lipinski definition) is 0. The number of rotatable bonds is 5. The summed E-state index contributed by atoms with van der Waals surface area (Å²) in [5, 5.41) is 23.2. The van der Waals surface area contributed by atoms with Crippen molar-refractivity contribution in [1.82, 2.24) is 24.9 Å². The molecule has 3 heterocycles. The predicted molar refractivity (Wildman–Crippen MR) is 102 cm³/mol. The van der Waals surface area contributed by atoms with E-state index in [0.29, 0.717) is 43.2 Å². The Hall–Kier alpha value is -3.82. The lowest BCUT2D eigenvalue weighted by atomic mass is 10.1. The molecular formula is C19H18N6O4. The van der Waals surface area contributed by atoms with E-state index in [9.17, 15) is 14.9 Å². The summed E-state index contributed by atoms with van der Waals surface area (Å²) in [6, 6.07) is 11.1. The molecule has 4 rings (SSSR count). The fourth-order valence-electron chi connectivity index (χ4n) is 3.18. The van der Waals surface area contributed by atoms with E-state index in [0.717, 1.165) is 0 Å². The zero-order valence-corrected chi connectivity index (χ0v) is 15.4. The smallest absolute Gasteiger partial charge is 0.270 e. The molecule has 0 atom stereocenters. The van der Waals surface area contributed by atoms with Gasteiger partial charge in [-0.1, -0.05) is 6.07 Å². The van der Waals surface area contributed by atoms with Crippen molar-refractivity contribution in [2.24, 2.45) is 0 Å². The molecule has 0 spiro atoms. The molecular weight excluding hydrogens is 376 g/mol. The van der Waals surface area contributed by atoms with Crippen LogP contribution in [0.1, 0.15) is 23.2 Å². The fourth-order valence-corrected chi connectivity index (χ4v) is 3.18. The highest BCUT2D eigenvalue weighted by Gasteiger charge is 2.25. The molecule has 29 heavy (non-hydrogen) atoms. The number of benzene rings is 1. The van der Waals surface area contributed by atoms with Crippen LogP contribution >= 0.6 is 0 Å². The summed E-state index contributed by atoms with van der Waals surface area (Å²) < 4.78 is 7.49. The van der Waals surface area contributed by atoms with E-state index in [1.54, 1.807) is 46.2 Å². The Kier molecular flexibility index (Phi) is 5.14. The number of aromatic nitrogens is 4. The summed E-state index contributed by atoms with van der Waals surface area (Å²) in [7, 11) is 0. The number of nitro benzene ring substituents is 1. The Labute approximate surface area is 165 Å². The van der Waals surface area contributed by atoms with E-state index in [1.165, 1.54) is 18.2 Å². The summed E-state index contributed by atoms with van der Waals surface area (Å²) in [6.07, 6.45) is 4.65. The van der Waals surface area contributed by atoms with Crippen LogP contribution in [0.25, 0.3) is 5.82 Å². The summed E-state index contributed by atoms with van der Waals surface area (Å²) >= 11 is 0. The van der Waals surface area contributed by atoms with Gasteiger partial charge in [0.1, 0.15) is 6.10 Å². The Balaban J connectivity index is 1.33. The maximum Gasteiger partial charge on any atom is 0.270 e. The highest BCUT2D eigenvalue weighted by atomic mass is 16.6. The Morgan fingerprint density at radius 2 is 1.97 bits per heavy atom. The van der Waals surface area contributed by atoms with Gasteiger partial charge in [-0.05, 0) is 18.2 Å². The summed E-state index contributed by atoms with van der Waals surface area (Å²) in [6.45, 7) is 1.01. The van der Waals surface area contributed by atoms with Crippen LogP contribution in [0.3, 0.4) is 0 Å². The van der Waals surface area contributed by atoms with Crippen molar-refractivity contribution in [3.63, 3.8) is 0 Å². The third kappa shape index (κ3) is 4.21. The number of nitro groups is 1. The molecule has 1 saturated heterocycles. The topological polar surface area (TPSA) is 116 Å². The third-order valence-corrected chi connectivity index (χ3v) is 4.69. The van der Waals surface area contributed by atoms with Crippen molar-refractivity contribution in [1.29, 1.82) is 0 Å². The van der Waals surface area contributed by atoms with E-state index in [-0.39, 0.29) is 17.7 Å². The van der Waals surface area contributed by atoms with E-state index in [4.69, 9.17) is 4.74 Å². The number of carbonyl (C=O) groups is 1. The minimum Gasteiger partial charge on any atom is -0.473 e.